The van der Waals surface area contributed by atoms with Crippen molar-refractivity contribution in [2.75, 3.05) is 18.4 Å². The Kier molecular flexibility index (Phi) is 2.14. The summed E-state index contributed by atoms with van der Waals surface area (Å²) >= 11 is 5.95. The van der Waals surface area contributed by atoms with Gasteiger partial charge in [0, 0.05) is 6.54 Å². The smallest absolute Gasteiger partial charge is 0.195 e. The van der Waals surface area contributed by atoms with E-state index < -0.39 is 0 Å². The molecule has 0 spiro atoms. The van der Waals surface area contributed by atoms with Crippen molar-refractivity contribution >= 4 is 34.3 Å². The average molecular weight is 238 g/mol. The van der Waals surface area contributed by atoms with Gasteiger partial charge < -0.3 is 10.6 Å². The first-order valence-electron chi connectivity index (χ1n) is 4.81. The van der Waals surface area contributed by atoms with Gasteiger partial charge in [0.1, 0.15) is 0 Å². The number of guanidine groups is 1. The zero-order chi connectivity index (χ0) is 11.0. The highest BCUT2D eigenvalue weighted by atomic mass is 35.5. The highest BCUT2D eigenvalue weighted by Gasteiger charge is 2.12. The van der Waals surface area contributed by atoms with Crippen molar-refractivity contribution in [1.29, 1.82) is 0 Å². The van der Waals surface area contributed by atoms with Crippen LogP contribution in [0.25, 0.3) is 11.0 Å². The Balaban J connectivity index is 2.03. The number of rotatable bonds is 1. The van der Waals surface area contributed by atoms with Crippen LogP contribution < -0.4 is 10.6 Å². The normalized spacial score (nSPS) is 14.9. The molecule has 0 fully saturated rings. The zero-order valence-electron chi connectivity index (χ0n) is 8.20. The molecule has 0 atom stereocenters. The minimum atomic E-state index is 0.517. The number of halogens is 1. The predicted molar refractivity (Wildman–Crippen MR) is 60.7 cm³/mol. The van der Waals surface area contributed by atoms with Gasteiger partial charge in [-0.15, -0.1) is 0 Å². The number of hydrogen-bond donors (Lipinski definition) is 2. The van der Waals surface area contributed by atoms with E-state index in [0.29, 0.717) is 16.1 Å². The molecule has 0 saturated carbocycles. The fraction of sp³-hybridized carbons (Fsp3) is 0.222. The highest BCUT2D eigenvalue weighted by molar-refractivity contribution is 6.35. The summed E-state index contributed by atoms with van der Waals surface area (Å²) in [6.45, 7) is 1.62. The third-order valence-corrected chi connectivity index (χ3v) is 2.60. The third kappa shape index (κ3) is 1.47. The monoisotopic (exact) mass is 237 g/mol. The molecular weight excluding hydrogens is 230 g/mol. The van der Waals surface area contributed by atoms with Crippen molar-refractivity contribution in [3.05, 3.63) is 17.2 Å². The van der Waals surface area contributed by atoms with Gasteiger partial charge in [0.15, 0.2) is 17.0 Å². The molecule has 0 unspecified atom stereocenters. The maximum Gasteiger partial charge on any atom is 0.195 e. The van der Waals surface area contributed by atoms with Crippen LogP contribution in [0.2, 0.25) is 5.02 Å². The zero-order valence-corrected chi connectivity index (χ0v) is 8.95. The van der Waals surface area contributed by atoms with E-state index in [1.807, 2.05) is 6.07 Å². The van der Waals surface area contributed by atoms with Gasteiger partial charge in [0.05, 0.1) is 17.3 Å². The summed E-state index contributed by atoms with van der Waals surface area (Å²) in [6.07, 6.45) is 0. The molecule has 7 heteroatoms. The molecule has 1 aliphatic rings. The van der Waals surface area contributed by atoms with Crippen LogP contribution in [-0.4, -0.2) is 29.4 Å². The standard InChI is InChI=1S/C9H8ClN5O/c10-5-1-2-6(8-7(5)14-16-15-8)13-9-11-3-4-12-9/h1-2H,3-4H2,(H2,11,12,13). The highest BCUT2D eigenvalue weighted by Crippen LogP contribution is 2.26. The van der Waals surface area contributed by atoms with E-state index >= 15 is 0 Å². The quantitative estimate of drug-likeness (QED) is 0.781. The molecule has 2 aromatic rings. The van der Waals surface area contributed by atoms with Crippen LogP contribution in [0.1, 0.15) is 0 Å². The van der Waals surface area contributed by atoms with Crippen molar-refractivity contribution in [2.24, 2.45) is 4.99 Å². The molecule has 82 valence electrons. The van der Waals surface area contributed by atoms with E-state index in [-0.39, 0.29) is 0 Å². The lowest BCUT2D eigenvalue weighted by Crippen LogP contribution is -2.26. The number of anilines is 1. The molecule has 1 aliphatic heterocycles. The lowest BCUT2D eigenvalue weighted by Gasteiger charge is -2.06. The molecule has 0 amide bonds. The lowest BCUT2D eigenvalue weighted by atomic mass is 10.2. The van der Waals surface area contributed by atoms with Crippen molar-refractivity contribution in [3.63, 3.8) is 0 Å². The Morgan fingerprint density at radius 2 is 2.19 bits per heavy atom. The van der Waals surface area contributed by atoms with E-state index in [4.69, 9.17) is 11.6 Å². The van der Waals surface area contributed by atoms with Crippen molar-refractivity contribution < 1.29 is 4.63 Å². The van der Waals surface area contributed by atoms with Crippen LogP contribution in [0.3, 0.4) is 0 Å². The molecule has 0 bridgehead atoms. The van der Waals surface area contributed by atoms with E-state index in [9.17, 15) is 0 Å². The van der Waals surface area contributed by atoms with Crippen molar-refractivity contribution in [1.82, 2.24) is 15.6 Å². The second kappa shape index (κ2) is 3.64. The van der Waals surface area contributed by atoms with Gasteiger partial charge in [0.2, 0.25) is 0 Å². The van der Waals surface area contributed by atoms with Gasteiger partial charge in [-0.25, -0.2) is 4.63 Å². The van der Waals surface area contributed by atoms with Crippen LogP contribution in [0.15, 0.2) is 21.8 Å². The molecule has 2 N–H and O–H groups in total. The third-order valence-electron chi connectivity index (χ3n) is 2.29. The van der Waals surface area contributed by atoms with Crippen molar-refractivity contribution in [3.8, 4) is 0 Å². The van der Waals surface area contributed by atoms with E-state index in [1.165, 1.54) is 0 Å². The second-order valence-electron chi connectivity index (χ2n) is 3.34. The van der Waals surface area contributed by atoms with Crippen LogP contribution in [0.4, 0.5) is 5.69 Å². The molecule has 2 heterocycles. The van der Waals surface area contributed by atoms with Gasteiger partial charge in [-0.05, 0) is 22.4 Å². The first kappa shape index (κ1) is 9.41. The summed E-state index contributed by atoms with van der Waals surface area (Å²) in [4.78, 5) is 4.23. The molecule has 3 rings (SSSR count). The van der Waals surface area contributed by atoms with E-state index in [0.717, 1.165) is 24.7 Å². The topological polar surface area (TPSA) is 75.3 Å². The molecular formula is C9H8ClN5O. The largest absolute Gasteiger partial charge is 0.354 e. The van der Waals surface area contributed by atoms with Gasteiger partial charge in [-0.2, -0.15) is 0 Å². The van der Waals surface area contributed by atoms with Gasteiger partial charge >= 0.3 is 0 Å². The van der Waals surface area contributed by atoms with Gasteiger partial charge in [-0.3, -0.25) is 4.99 Å². The van der Waals surface area contributed by atoms with Crippen LogP contribution in [0.5, 0.6) is 0 Å². The number of hydrogen-bond acceptors (Lipinski definition) is 6. The summed E-state index contributed by atoms with van der Waals surface area (Å²) in [7, 11) is 0. The fourth-order valence-corrected chi connectivity index (χ4v) is 1.73. The second-order valence-corrected chi connectivity index (χ2v) is 3.75. The molecule has 0 aliphatic carbocycles. The van der Waals surface area contributed by atoms with Crippen LogP contribution in [0, 0.1) is 0 Å². The maximum absolute atomic E-state index is 5.95. The maximum atomic E-state index is 5.95. The van der Waals surface area contributed by atoms with Crippen molar-refractivity contribution in [2.45, 2.75) is 0 Å². The summed E-state index contributed by atoms with van der Waals surface area (Å²) in [5.41, 5.74) is 1.92. The minimum Gasteiger partial charge on any atom is -0.354 e. The number of aromatic nitrogens is 2. The molecule has 0 saturated heterocycles. The molecule has 0 radical (unpaired) electrons. The summed E-state index contributed by atoms with van der Waals surface area (Å²) in [6, 6.07) is 3.56. The average Bonchev–Trinajstić information content (AvgIpc) is 2.92. The minimum absolute atomic E-state index is 0.517. The van der Waals surface area contributed by atoms with Gasteiger partial charge in [0.25, 0.3) is 0 Å². The summed E-state index contributed by atoms with van der Waals surface area (Å²) < 4.78 is 4.67. The van der Waals surface area contributed by atoms with Crippen LogP contribution in [-0.2, 0) is 0 Å². The Hall–Kier alpha value is -1.82. The first-order valence-corrected chi connectivity index (χ1v) is 5.18. The fourth-order valence-electron chi connectivity index (χ4n) is 1.55. The Labute approximate surface area is 95.6 Å². The molecule has 6 nitrogen and oxygen atoms in total. The Bertz CT molecular complexity index is 564. The van der Waals surface area contributed by atoms with Gasteiger partial charge in [-0.1, -0.05) is 11.6 Å². The number of benzene rings is 1. The summed E-state index contributed by atoms with van der Waals surface area (Å²) in [5.74, 6) is 0.728. The Morgan fingerprint density at radius 1 is 1.31 bits per heavy atom. The SMILES string of the molecule is Clc1ccc(NC2=NCCN2)c2nonc12. The number of nitrogens with zero attached hydrogens (tertiary/aromatic N) is 3. The first-order chi connectivity index (χ1) is 7.84. The van der Waals surface area contributed by atoms with E-state index in [2.05, 4.69) is 30.6 Å². The molecule has 16 heavy (non-hydrogen) atoms. The number of nitrogens with one attached hydrogen (secondary N) is 2. The Morgan fingerprint density at radius 3 is 3.00 bits per heavy atom. The lowest BCUT2D eigenvalue weighted by molar-refractivity contribution is 0.315. The number of fused-ring (bicyclic) bond motifs is 1. The molecule has 1 aromatic carbocycles. The molecule has 1 aromatic heterocycles. The summed E-state index contributed by atoms with van der Waals surface area (Å²) in [5, 5.41) is 14.3. The van der Waals surface area contributed by atoms with Crippen LogP contribution >= 0.6 is 11.6 Å². The predicted octanol–water partition coefficient (Wildman–Crippen LogP) is 1.25. The van der Waals surface area contributed by atoms with E-state index in [1.54, 1.807) is 6.07 Å². The number of aliphatic imine (C=N–C) groups is 1.